The number of carbonyl (C=O) groups excluding carboxylic acids is 1. The number of thiophene rings is 1. The lowest BCUT2D eigenvalue weighted by atomic mass is 10.2. The van der Waals surface area contributed by atoms with Gasteiger partial charge in [-0.3, -0.25) is 4.79 Å². The average molecular weight is 345 g/mol. The molecule has 106 valence electrons. The van der Waals surface area contributed by atoms with Gasteiger partial charge in [-0.2, -0.15) is 11.8 Å². The van der Waals surface area contributed by atoms with Gasteiger partial charge in [0.25, 0.3) is 5.91 Å². The van der Waals surface area contributed by atoms with E-state index in [4.69, 9.17) is 11.6 Å². The molecule has 2 aromatic rings. The summed E-state index contributed by atoms with van der Waals surface area (Å²) < 4.78 is 0. The van der Waals surface area contributed by atoms with Gasteiger partial charge in [-0.1, -0.05) is 11.6 Å². The van der Waals surface area contributed by atoms with E-state index in [1.165, 1.54) is 11.3 Å². The smallest absolute Gasteiger partial charge is 0.266 e. The molecule has 0 saturated carbocycles. The van der Waals surface area contributed by atoms with Crippen LogP contribution in [0.4, 0.5) is 0 Å². The van der Waals surface area contributed by atoms with Crippen LogP contribution < -0.4 is 0 Å². The molecule has 3 nitrogen and oxygen atoms in total. The predicted octanol–water partition coefficient (Wildman–Crippen LogP) is 4.10. The molecule has 0 bridgehead atoms. The molecule has 3 rings (SSSR count). The van der Waals surface area contributed by atoms with Crippen LogP contribution in [-0.2, 0) is 0 Å². The van der Waals surface area contributed by atoms with Crippen LogP contribution in [0.2, 0.25) is 5.02 Å². The molecule has 0 N–H and O–H groups in total. The van der Waals surface area contributed by atoms with Crippen LogP contribution >= 0.6 is 46.0 Å². The number of hydrogen-bond acceptors (Lipinski definition) is 5. The third-order valence-electron chi connectivity index (χ3n) is 3.22. The molecular weight excluding hydrogens is 332 g/mol. The minimum atomic E-state index is 0.0357. The fourth-order valence-electron chi connectivity index (χ4n) is 2.15. The Bertz CT molecular complexity index is 611. The van der Waals surface area contributed by atoms with Gasteiger partial charge >= 0.3 is 0 Å². The average Bonchev–Trinajstić information content (AvgIpc) is 3.10. The predicted molar refractivity (Wildman–Crippen MR) is 87.3 cm³/mol. The van der Waals surface area contributed by atoms with Crippen LogP contribution in [0.15, 0.2) is 17.0 Å². The molecule has 0 aromatic carbocycles. The topological polar surface area (TPSA) is 33.2 Å². The highest BCUT2D eigenvalue weighted by atomic mass is 35.5. The summed E-state index contributed by atoms with van der Waals surface area (Å²) in [6, 6.07) is 0.0692. The Balaban J connectivity index is 1.90. The van der Waals surface area contributed by atoms with Crippen LogP contribution in [0.1, 0.15) is 26.3 Å². The Hall–Kier alpha value is -0.560. The molecule has 20 heavy (non-hydrogen) atoms. The number of thioether (sulfide) groups is 1. The van der Waals surface area contributed by atoms with Crippen LogP contribution in [0.3, 0.4) is 0 Å². The summed E-state index contributed by atoms with van der Waals surface area (Å²) in [5.41, 5.74) is 0.970. The highest BCUT2D eigenvalue weighted by Crippen LogP contribution is 2.35. The third kappa shape index (κ3) is 2.62. The Morgan fingerprint density at radius 3 is 3.00 bits per heavy atom. The molecule has 0 spiro atoms. The summed E-state index contributed by atoms with van der Waals surface area (Å²) in [6.07, 6.45) is 1.80. The maximum Gasteiger partial charge on any atom is 0.266 e. The lowest BCUT2D eigenvalue weighted by Gasteiger charge is -2.34. The van der Waals surface area contributed by atoms with E-state index < -0.39 is 0 Å². The zero-order valence-corrected chi connectivity index (χ0v) is 14.0. The number of aromatic nitrogens is 1. The van der Waals surface area contributed by atoms with Gasteiger partial charge in [0, 0.05) is 29.6 Å². The molecule has 1 amide bonds. The molecule has 3 heterocycles. The lowest BCUT2D eigenvalue weighted by Crippen LogP contribution is -2.40. The van der Waals surface area contributed by atoms with Crippen molar-refractivity contribution in [3.8, 4) is 0 Å². The summed E-state index contributed by atoms with van der Waals surface area (Å²) in [6.45, 7) is 2.68. The first-order valence-corrected chi connectivity index (χ1v) is 9.49. The van der Waals surface area contributed by atoms with E-state index in [1.807, 2.05) is 34.3 Å². The fourth-order valence-corrected chi connectivity index (χ4v) is 5.29. The number of rotatable bonds is 2. The zero-order valence-electron chi connectivity index (χ0n) is 10.8. The SMILES string of the molecule is Cc1csc(C(=O)N2CCSC[C@@H]2c2nccs2)c1Cl. The second-order valence-corrected chi connectivity index (χ2v) is 7.86. The molecule has 2 aromatic heterocycles. The van der Waals surface area contributed by atoms with E-state index >= 15 is 0 Å². The van der Waals surface area contributed by atoms with Gasteiger partial charge in [-0.15, -0.1) is 22.7 Å². The van der Waals surface area contributed by atoms with Crippen molar-refractivity contribution in [1.29, 1.82) is 0 Å². The molecule has 0 aliphatic carbocycles. The first-order chi connectivity index (χ1) is 9.68. The molecule has 0 unspecified atom stereocenters. The van der Waals surface area contributed by atoms with E-state index in [0.717, 1.165) is 28.6 Å². The minimum Gasteiger partial charge on any atom is -0.327 e. The molecule has 7 heteroatoms. The number of nitrogens with zero attached hydrogens (tertiary/aromatic N) is 2. The van der Waals surface area contributed by atoms with Gasteiger partial charge in [-0.25, -0.2) is 4.98 Å². The number of halogens is 1. The fraction of sp³-hybridized carbons (Fsp3) is 0.385. The number of thiazole rings is 1. The summed E-state index contributed by atoms with van der Waals surface area (Å²) in [7, 11) is 0. The van der Waals surface area contributed by atoms with Gasteiger partial charge in [-0.05, 0) is 17.9 Å². The molecule has 1 aliphatic rings. The van der Waals surface area contributed by atoms with Crippen molar-refractivity contribution < 1.29 is 4.79 Å². The molecule has 1 fully saturated rings. The maximum atomic E-state index is 12.8. The van der Waals surface area contributed by atoms with E-state index in [-0.39, 0.29) is 11.9 Å². The second kappa shape index (κ2) is 6.05. The van der Waals surface area contributed by atoms with Gasteiger partial charge in [0.05, 0.1) is 11.1 Å². The summed E-state index contributed by atoms with van der Waals surface area (Å²) in [5.74, 6) is 1.91. The first kappa shape index (κ1) is 14.4. The van der Waals surface area contributed by atoms with Crippen molar-refractivity contribution in [2.75, 3.05) is 18.1 Å². The first-order valence-electron chi connectivity index (χ1n) is 6.20. The minimum absolute atomic E-state index is 0.0357. The monoisotopic (exact) mass is 344 g/mol. The maximum absolute atomic E-state index is 12.8. The van der Waals surface area contributed by atoms with Gasteiger partial charge in [0.2, 0.25) is 0 Å². The highest BCUT2D eigenvalue weighted by molar-refractivity contribution is 7.99. The number of aryl methyl sites for hydroxylation is 1. The van der Waals surface area contributed by atoms with Gasteiger partial charge < -0.3 is 4.90 Å². The molecule has 0 radical (unpaired) electrons. The second-order valence-electron chi connectivity index (χ2n) is 4.52. The zero-order chi connectivity index (χ0) is 14.1. The summed E-state index contributed by atoms with van der Waals surface area (Å²) >= 11 is 11.1. The van der Waals surface area contributed by atoms with Crippen molar-refractivity contribution >= 4 is 51.9 Å². The molecule has 1 aliphatic heterocycles. The van der Waals surface area contributed by atoms with E-state index in [9.17, 15) is 4.79 Å². The largest absolute Gasteiger partial charge is 0.327 e. The number of hydrogen-bond donors (Lipinski definition) is 0. The van der Waals surface area contributed by atoms with E-state index in [0.29, 0.717) is 9.90 Å². The number of amides is 1. The van der Waals surface area contributed by atoms with Crippen LogP contribution in [-0.4, -0.2) is 33.8 Å². The number of carbonyl (C=O) groups is 1. The molecule has 1 saturated heterocycles. The lowest BCUT2D eigenvalue weighted by molar-refractivity contribution is 0.0706. The Morgan fingerprint density at radius 2 is 2.35 bits per heavy atom. The molecule has 1 atom stereocenters. The Morgan fingerprint density at radius 1 is 1.50 bits per heavy atom. The normalized spacial score (nSPS) is 19.3. The van der Waals surface area contributed by atoms with E-state index in [2.05, 4.69) is 4.98 Å². The highest BCUT2D eigenvalue weighted by Gasteiger charge is 2.32. The summed E-state index contributed by atoms with van der Waals surface area (Å²) in [4.78, 5) is 19.7. The van der Waals surface area contributed by atoms with E-state index in [1.54, 1.807) is 17.5 Å². The van der Waals surface area contributed by atoms with Crippen LogP contribution in [0.25, 0.3) is 0 Å². The van der Waals surface area contributed by atoms with Crippen molar-refractivity contribution in [3.05, 3.63) is 37.4 Å². The Labute approximate surface area is 135 Å². The quantitative estimate of drug-likeness (QED) is 0.822. The van der Waals surface area contributed by atoms with Crippen molar-refractivity contribution in [2.45, 2.75) is 13.0 Å². The third-order valence-corrected chi connectivity index (χ3v) is 6.80. The van der Waals surface area contributed by atoms with Gasteiger partial charge in [0.15, 0.2) is 0 Å². The van der Waals surface area contributed by atoms with Crippen LogP contribution in [0, 0.1) is 6.92 Å². The van der Waals surface area contributed by atoms with Crippen molar-refractivity contribution in [1.82, 2.24) is 9.88 Å². The van der Waals surface area contributed by atoms with Crippen molar-refractivity contribution in [2.24, 2.45) is 0 Å². The molecular formula is C13H13ClN2OS3. The van der Waals surface area contributed by atoms with Crippen molar-refractivity contribution in [3.63, 3.8) is 0 Å². The van der Waals surface area contributed by atoms with Crippen LogP contribution in [0.5, 0.6) is 0 Å². The Kier molecular flexibility index (Phi) is 4.35. The standard InChI is InChI=1S/C13H13ClN2OS3/c1-8-6-20-11(10(8)14)13(17)16-3-5-18-7-9(16)12-15-2-4-19-12/h2,4,6,9H,3,5,7H2,1H3/t9-/m1/s1. The summed E-state index contributed by atoms with van der Waals surface area (Å²) in [5, 5.41) is 5.50. The van der Waals surface area contributed by atoms with Gasteiger partial charge in [0.1, 0.15) is 9.88 Å².